The fourth-order valence-corrected chi connectivity index (χ4v) is 2.98. The summed E-state index contributed by atoms with van der Waals surface area (Å²) in [4.78, 5) is 36.1. The maximum absolute atomic E-state index is 12.6. The molecule has 2 aromatic rings. The van der Waals surface area contributed by atoms with Gasteiger partial charge in [0.15, 0.2) is 0 Å². The van der Waals surface area contributed by atoms with Crippen LogP contribution in [-0.2, 0) is 4.74 Å². The van der Waals surface area contributed by atoms with Crippen molar-refractivity contribution in [2.45, 2.75) is 13.0 Å². The molecule has 0 saturated carbocycles. The molecule has 0 radical (unpaired) electrons. The van der Waals surface area contributed by atoms with Gasteiger partial charge in [-0.15, -0.1) is 0 Å². The molecule has 1 saturated heterocycles. The zero-order valence-electron chi connectivity index (χ0n) is 14.3. The van der Waals surface area contributed by atoms with Gasteiger partial charge in [0.2, 0.25) is 0 Å². The molecular formula is C18H20N4O3. The Morgan fingerprint density at radius 2 is 1.92 bits per heavy atom. The lowest BCUT2D eigenvalue weighted by atomic mass is 10.1. The zero-order valence-corrected chi connectivity index (χ0v) is 14.3. The first-order valence-electron chi connectivity index (χ1n) is 8.10. The van der Waals surface area contributed by atoms with Gasteiger partial charge >= 0.3 is 5.97 Å². The molecule has 3 rings (SSSR count). The summed E-state index contributed by atoms with van der Waals surface area (Å²) in [6.07, 6.45) is 4.57. The first kappa shape index (κ1) is 16.9. The maximum atomic E-state index is 12.6. The highest BCUT2D eigenvalue weighted by Crippen LogP contribution is 2.21. The molecule has 0 aliphatic carbocycles. The van der Waals surface area contributed by atoms with Crippen molar-refractivity contribution in [1.82, 2.24) is 14.9 Å². The van der Waals surface area contributed by atoms with Crippen molar-refractivity contribution in [3.63, 3.8) is 0 Å². The van der Waals surface area contributed by atoms with Gasteiger partial charge in [-0.3, -0.25) is 9.78 Å². The van der Waals surface area contributed by atoms with Crippen LogP contribution >= 0.6 is 0 Å². The highest BCUT2D eigenvalue weighted by atomic mass is 16.5. The van der Waals surface area contributed by atoms with E-state index >= 15 is 0 Å². The number of carbonyl (C=O) groups is 2. The quantitative estimate of drug-likeness (QED) is 0.790. The zero-order chi connectivity index (χ0) is 17.8. The number of hydrogen-bond donors (Lipinski definition) is 0. The third-order valence-corrected chi connectivity index (χ3v) is 4.32. The second kappa shape index (κ2) is 7.29. The van der Waals surface area contributed by atoms with Crippen LogP contribution in [0.15, 0.2) is 42.9 Å². The lowest BCUT2D eigenvalue weighted by molar-refractivity contribution is 0.0599. The average Bonchev–Trinajstić information content (AvgIpc) is 2.67. The molecule has 0 unspecified atom stereocenters. The molecule has 2 heterocycles. The van der Waals surface area contributed by atoms with E-state index in [1.54, 1.807) is 18.3 Å². The molecule has 130 valence electrons. The number of piperazine rings is 1. The molecule has 1 aliphatic heterocycles. The van der Waals surface area contributed by atoms with E-state index in [2.05, 4.69) is 14.9 Å². The van der Waals surface area contributed by atoms with Gasteiger partial charge in [0.1, 0.15) is 5.69 Å². The largest absolute Gasteiger partial charge is 0.465 e. The highest BCUT2D eigenvalue weighted by molar-refractivity contribution is 5.92. The molecule has 7 heteroatoms. The Morgan fingerprint density at radius 3 is 2.52 bits per heavy atom. The predicted octanol–water partition coefficient (Wildman–Crippen LogP) is 1.61. The number of carbonyl (C=O) groups excluding carboxylic acids is 2. The lowest BCUT2D eigenvalue weighted by Gasteiger charge is -2.40. The number of rotatable bonds is 3. The minimum absolute atomic E-state index is 0.0449. The summed E-state index contributed by atoms with van der Waals surface area (Å²) >= 11 is 0. The molecule has 0 spiro atoms. The smallest absolute Gasteiger partial charge is 0.337 e. The fraction of sp³-hybridized carbons (Fsp3) is 0.333. The summed E-state index contributed by atoms with van der Waals surface area (Å²) in [5.41, 5.74) is 1.91. The summed E-state index contributed by atoms with van der Waals surface area (Å²) in [6, 6.07) is 7.35. The molecule has 1 aromatic heterocycles. The van der Waals surface area contributed by atoms with Crippen molar-refractivity contribution in [2.75, 3.05) is 31.6 Å². The van der Waals surface area contributed by atoms with Gasteiger partial charge in [-0.25, -0.2) is 9.78 Å². The second-order valence-electron chi connectivity index (χ2n) is 5.92. The molecular weight excluding hydrogens is 320 g/mol. The minimum Gasteiger partial charge on any atom is -0.465 e. The molecule has 1 aromatic carbocycles. The molecule has 1 aliphatic rings. The van der Waals surface area contributed by atoms with Crippen molar-refractivity contribution in [2.24, 2.45) is 0 Å². The predicted molar refractivity (Wildman–Crippen MR) is 92.5 cm³/mol. The normalized spacial score (nSPS) is 17.3. The molecule has 25 heavy (non-hydrogen) atoms. The molecule has 0 bridgehead atoms. The van der Waals surface area contributed by atoms with Crippen molar-refractivity contribution in [3.8, 4) is 0 Å². The summed E-state index contributed by atoms with van der Waals surface area (Å²) in [6.45, 7) is 4.05. The topological polar surface area (TPSA) is 75.6 Å². The summed E-state index contributed by atoms with van der Waals surface area (Å²) in [5.74, 6) is -0.444. The Morgan fingerprint density at radius 1 is 1.16 bits per heavy atom. The van der Waals surface area contributed by atoms with Crippen LogP contribution in [0.2, 0.25) is 0 Å². The first-order valence-corrected chi connectivity index (χ1v) is 8.10. The number of amides is 1. The number of anilines is 1. The number of nitrogens with zero attached hydrogens (tertiary/aromatic N) is 4. The SMILES string of the molecule is COC(=O)c1ccc(N2CCN(C(=O)c3cnccn3)[C@H](C)C2)cc1. The van der Waals surface area contributed by atoms with Gasteiger partial charge < -0.3 is 14.5 Å². The fourth-order valence-electron chi connectivity index (χ4n) is 2.98. The van der Waals surface area contributed by atoms with E-state index in [1.807, 2.05) is 24.0 Å². The van der Waals surface area contributed by atoms with Gasteiger partial charge in [0.05, 0.1) is 18.9 Å². The van der Waals surface area contributed by atoms with Crippen LogP contribution < -0.4 is 4.90 Å². The summed E-state index contributed by atoms with van der Waals surface area (Å²) in [5, 5.41) is 0. The van der Waals surface area contributed by atoms with E-state index in [1.165, 1.54) is 19.5 Å². The lowest BCUT2D eigenvalue weighted by Crippen LogP contribution is -2.54. The summed E-state index contributed by atoms with van der Waals surface area (Å²) < 4.78 is 4.71. The highest BCUT2D eigenvalue weighted by Gasteiger charge is 2.29. The van der Waals surface area contributed by atoms with Crippen LogP contribution in [0.3, 0.4) is 0 Å². The number of aromatic nitrogens is 2. The third kappa shape index (κ3) is 3.60. The van der Waals surface area contributed by atoms with Gasteiger partial charge in [-0.2, -0.15) is 0 Å². The number of methoxy groups -OCH3 is 1. The third-order valence-electron chi connectivity index (χ3n) is 4.32. The Balaban J connectivity index is 1.67. The Bertz CT molecular complexity index is 749. The van der Waals surface area contributed by atoms with E-state index < -0.39 is 0 Å². The Kier molecular flexibility index (Phi) is 4.92. The van der Waals surface area contributed by atoms with Gasteiger partial charge in [0, 0.05) is 43.8 Å². The molecule has 0 N–H and O–H groups in total. The van der Waals surface area contributed by atoms with E-state index in [-0.39, 0.29) is 17.9 Å². The van der Waals surface area contributed by atoms with Crippen molar-refractivity contribution in [1.29, 1.82) is 0 Å². The van der Waals surface area contributed by atoms with Gasteiger partial charge in [-0.1, -0.05) is 0 Å². The molecule has 1 amide bonds. The van der Waals surface area contributed by atoms with Crippen LogP contribution in [0.1, 0.15) is 27.8 Å². The van der Waals surface area contributed by atoms with E-state index in [4.69, 9.17) is 4.74 Å². The molecule has 1 fully saturated rings. The van der Waals surface area contributed by atoms with E-state index in [0.29, 0.717) is 30.9 Å². The first-order chi connectivity index (χ1) is 12.1. The van der Waals surface area contributed by atoms with Crippen LogP contribution in [0.4, 0.5) is 5.69 Å². The van der Waals surface area contributed by atoms with Crippen LogP contribution in [0, 0.1) is 0 Å². The van der Waals surface area contributed by atoms with Crippen molar-refractivity contribution < 1.29 is 14.3 Å². The van der Waals surface area contributed by atoms with Crippen LogP contribution in [-0.4, -0.2) is 59.5 Å². The summed E-state index contributed by atoms with van der Waals surface area (Å²) in [7, 11) is 1.37. The standard InChI is InChI=1S/C18H20N4O3/c1-13-12-21(15-5-3-14(4-6-15)18(24)25-2)9-10-22(13)17(23)16-11-19-7-8-20-16/h3-8,11,13H,9-10,12H2,1-2H3/t13-/m1/s1. The maximum Gasteiger partial charge on any atom is 0.337 e. The minimum atomic E-state index is -0.348. The van der Waals surface area contributed by atoms with Gasteiger partial charge in [-0.05, 0) is 31.2 Å². The van der Waals surface area contributed by atoms with Crippen molar-refractivity contribution in [3.05, 3.63) is 54.1 Å². The molecule has 7 nitrogen and oxygen atoms in total. The number of hydrogen-bond acceptors (Lipinski definition) is 6. The van der Waals surface area contributed by atoms with Crippen molar-refractivity contribution >= 4 is 17.6 Å². The Labute approximate surface area is 146 Å². The number of esters is 1. The van der Waals surface area contributed by atoms with Gasteiger partial charge in [0.25, 0.3) is 5.91 Å². The Hall–Kier alpha value is -2.96. The van der Waals surface area contributed by atoms with Crippen LogP contribution in [0.25, 0.3) is 0 Å². The van der Waals surface area contributed by atoms with Crippen LogP contribution in [0.5, 0.6) is 0 Å². The average molecular weight is 340 g/mol. The number of benzene rings is 1. The van der Waals surface area contributed by atoms with E-state index in [0.717, 1.165) is 5.69 Å². The second-order valence-corrected chi connectivity index (χ2v) is 5.92. The monoisotopic (exact) mass is 340 g/mol. The number of ether oxygens (including phenoxy) is 1. The van der Waals surface area contributed by atoms with E-state index in [9.17, 15) is 9.59 Å². The molecule has 1 atom stereocenters.